The molecule has 0 saturated carbocycles. The van der Waals surface area contributed by atoms with Crippen molar-refractivity contribution in [2.45, 2.75) is 58.0 Å². The second-order valence-corrected chi connectivity index (χ2v) is 7.82. The van der Waals surface area contributed by atoms with E-state index in [9.17, 15) is 14.4 Å². The van der Waals surface area contributed by atoms with Gasteiger partial charge in [-0.3, -0.25) is 14.5 Å². The van der Waals surface area contributed by atoms with Crippen LogP contribution in [0.4, 0.5) is 4.79 Å². The van der Waals surface area contributed by atoms with Gasteiger partial charge in [0.25, 0.3) is 5.91 Å². The molecule has 26 heavy (non-hydrogen) atoms. The number of aryl methyl sites for hydroxylation is 1. The number of rotatable bonds is 6. The zero-order valence-electron chi connectivity index (χ0n) is 15.7. The van der Waals surface area contributed by atoms with Crippen LogP contribution in [0.15, 0.2) is 24.3 Å². The van der Waals surface area contributed by atoms with Gasteiger partial charge in [-0.15, -0.1) is 0 Å². The molecular weight excluding hydrogens is 330 g/mol. The predicted octanol–water partition coefficient (Wildman–Crippen LogP) is 2.32. The van der Waals surface area contributed by atoms with Crippen molar-refractivity contribution in [2.75, 3.05) is 6.54 Å². The zero-order valence-corrected chi connectivity index (χ0v) is 15.7. The molecular formula is C20H27N3O3. The van der Waals surface area contributed by atoms with Gasteiger partial charge in [-0.2, -0.15) is 0 Å². The quantitative estimate of drug-likeness (QED) is 0.767. The number of hydrogen-bond acceptors (Lipinski definition) is 3. The first-order chi connectivity index (χ1) is 12.3. The van der Waals surface area contributed by atoms with E-state index in [0.717, 1.165) is 35.3 Å². The second-order valence-electron chi connectivity index (χ2n) is 7.82. The highest BCUT2D eigenvalue weighted by Gasteiger charge is 2.55. The smallest absolute Gasteiger partial charge is 0.325 e. The monoisotopic (exact) mass is 357 g/mol. The van der Waals surface area contributed by atoms with Gasteiger partial charge in [-0.25, -0.2) is 4.79 Å². The predicted molar refractivity (Wildman–Crippen MR) is 98.4 cm³/mol. The number of hydrogen-bond donors (Lipinski definition) is 2. The van der Waals surface area contributed by atoms with Gasteiger partial charge in [-0.05, 0) is 49.7 Å². The number of benzene rings is 1. The molecule has 2 aliphatic rings. The minimum atomic E-state index is -1.00. The summed E-state index contributed by atoms with van der Waals surface area (Å²) in [6.45, 7) is 5.99. The van der Waals surface area contributed by atoms with Crippen LogP contribution in [-0.4, -0.2) is 35.3 Å². The standard InChI is InChI=1S/C20H27N3O3/c1-13(2)8-9-14(3)21-17(24)12-23-18(25)20(22-19(23)26)11-10-15-6-4-5-7-16(15)20/h4-7,13-14H,8-12H2,1-3H3,(H,21,24)(H,22,26)/t14-,20-/m1/s1. The fourth-order valence-corrected chi connectivity index (χ4v) is 3.85. The normalized spacial score (nSPS) is 22.7. The Morgan fingerprint density at radius 3 is 2.69 bits per heavy atom. The maximum atomic E-state index is 13.0. The Balaban J connectivity index is 1.66. The Morgan fingerprint density at radius 1 is 1.23 bits per heavy atom. The Hall–Kier alpha value is -2.37. The average Bonchev–Trinajstić information content (AvgIpc) is 3.07. The highest BCUT2D eigenvalue weighted by molar-refractivity contribution is 6.09. The number of carbonyl (C=O) groups is 3. The van der Waals surface area contributed by atoms with Gasteiger partial charge in [0.15, 0.2) is 0 Å². The molecule has 2 N–H and O–H groups in total. The number of carbonyl (C=O) groups excluding carboxylic acids is 3. The third-order valence-electron chi connectivity index (χ3n) is 5.31. The lowest BCUT2D eigenvalue weighted by Crippen LogP contribution is -2.45. The number of imide groups is 1. The molecule has 1 aliphatic carbocycles. The van der Waals surface area contributed by atoms with E-state index in [1.54, 1.807) is 0 Å². The van der Waals surface area contributed by atoms with Crippen molar-refractivity contribution >= 4 is 17.8 Å². The van der Waals surface area contributed by atoms with E-state index < -0.39 is 11.6 Å². The van der Waals surface area contributed by atoms with Crippen LogP contribution in [0.2, 0.25) is 0 Å². The molecule has 0 bridgehead atoms. The van der Waals surface area contributed by atoms with Crippen LogP contribution in [0, 0.1) is 5.92 Å². The average molecular weight is 357 g/mol. The van der Waals surface area contributed by atoms with Crippen molar-refractivity contribution in [3.05, 3.63) is 35.4 Å². The molecule has 6 heteroatoms. The largest absolute Gasteiger partial charge is 0.352 e. The van der Waals surface area contributed by atoms with Gasteiger partial charge in [0.2, 0.25) is 5.91 Å². The molecule has 140 valence electrons. The molecule has 4 amide bonds. The van der Waals surface area contributed by atoms with Crippen molar-refractivity contribution in [2.24, 2.45) is 5.92 Å². The second kappa shape index (κ2) is 7.09. The van der Waals surface area contributed by atoms with Crippen LogP contribution < -0.4 is 10.6 Å². The highest BCUT2D eigenvalue weighted by atomic mass is 16.2. The SMILES string of the molecule is CC(C)CC[C@@H](C)NC(=O)CN1C(=O)N[C@@]2(CCc3ccccc32)C1=O. The van der Waals surface area contributed by atoms with E-state index in [0.29, 0.717) is 12.3 Å². The first kappa shape index (κ1) is 18.4. The lowest BCUT2D eigenvalue weighted by atomic mass is 9.92. The Labute approximate surface area is 154 Å². The van der Waals surface area contributed by atoms with Gasteiger partial charge in [0.1, 0.15) is 12.1 Å². The molecule has 0 aromatic heterocycles. The molecule has 1 fully saturated rings. The van der Waals surface area contributed by atoms with E-state index in [4.69, 9.17) is 0 Å². The maximum absolute atomic E-state index is 13.0. The third-order valence-corrected chi connectivity index (χ3v) is 5.31. The summed E-state index contributed by atoms with van der Waals surface area (Å²) in [6, 6.07) is 7.20. The summed E-state index contributed by atoms with van der Waals surface area (Å²) in [7, 11) is 0. The van der Waals surface area contributed by atoms with Crippen LogP contribution in [0.3, 0.4) is 0 Å². The van der Waals surface area contributed by atoms with Gasteiger partial charge in [0.05, 0.1) is 0 Å². The lowest BCUT2D eigenvalue weighted by Gasteiger charge is -2.22. The summed E-state index contributed by atoms with van der Waals surface area (Å²) in [5.74, 6) is -0.0481. The minimum Gasteiger partial charge on any atom is -0.352 e. The first-order valence-electron chi connectivity index (χ1n) is 9.35. The molecule has 1 heterocycles. The molecule has 1 aromatic rings. The summed E-state index contributed by atoms with van der Waals surface area (Å²) < 4.78 is 0. The lowest BCUT2D eigenvalue weighted by molar-refractivity contribution is -0.135. The van der Waals surface area contributed by atoms with E-state index in [2.05, 4.69) is 24.5 Å². The van der Waals surface area contributed by atoms with Crippen molar-refractivity contribution in [3.63, 3.8) is 0 Å². The van der Waals surface area contributed by atoms with E-state index in [-0.39, 0.29) is 24.4 Å². The van der Waals surface area contributed by atoms with Crippen molar-refractivity contribution < 1.29 is 14.4 Å². The van der Waals surface area contributed by atoms with E-state index in [1.807, 2.05) is 31.2 Å². The van der Waals surface area contributed by atoms with Gasteiger partial charge in [-0.1, -0.05) is 38.1 Å². The number of nitrogens with one attached hydrogen (secondary N) is 2. The van der Waals surface area contributed by atoms with Crippen LogP contribution in [-0.2, 0) is 21.5 Å². The van der Waals surface area contributed by atoms with Crippen LogP contribution >= 0.6 is 0 Å². The summed E-state index contributed by atoms with van der Waals surface area (Å²) in [4.78, 5) is 38.8. The molecule has 2 atom stereocenters. The van der Waals surface area contributed by atoms with Crippen LogP contribution in [0.25, 0.3) is 0 Å². The summed E-state index contributed by atoms with van der Waals surface area (Å²) in [5, 5.41) is 5.73. The van der Waals surface area contributed by atoms with Crippen molar-refractivity contribution in [1.82, 2.24) is 15.5 Å². The van der Waals surface area contributed by atoms with Gasteiger partial charge < -0.3 is 10.6 Å². The molecule has 1 aliphatic heterocycles. The molecule has 1 spiro atoms. The Bertz CT molecular complexity index is 731. The Kier molecular flexibility index (Phi) is 5.03. The number of fused-ring (bicyclic) bond motifs is 2. The fraction of sp³-hybridized carbons (Fsp3) is 0.550. The van der Waals surface area contributed by atoms with E-state index >= 15 is 0 Å². The van der Waals surface area contributed by atoms with Gasteiger partial charge >= 0.3 is 6.03 Å². The number of nitrogens with zero attached hydrogens (tertiary/aromatic N) is 1. The molecule has 6 nitrogen and oxygen atoms in total. The van der Waals surface area contributed by atoms with Crippen LogP contribution in [0.5, 0.6) is 0 Å². The first-order valence-corrected chi connectivity index (χ1v) is 9.35. The number of urea groups is 1. The zero-order chi connectivity index (χ0) is 18.9. The third kappa shape index (κ3) is 3.32. The Morgan fingerprint density at radius 2 is 1.96 bits per heavy atom. The number of amides is 4. The summed E-state index contributed by atoms with van der Waals surface area (Å²) in [6.07, 6.45) is 3.18. The van der Waals surface area contributed by atoms with Crippen molar-refractivity contribution in [3.8, 4) is 0 Å². The van der Waals surface area contributed by atoms with Gasteiger partial charge in [0, 0.05) is 6.04 Å². The maximum Gasteiger partial charge on any atom is 0.325 e. The van der Waals surface area contributed by atoms with E-state index in [1.165, 1.54) is 0 Å². The molecule has 0 radical (unpaired) electrons. The fourth-order valence-electron chi connectivity index (χ4n) is 3.85. The minimum absolute atomic E-state index is 0.0202. The summed E-state index contributed by atoms with van der Waals surface area (Å²) in [5.41, 5.74) is 0.929. The molecule has 1 aromatic carbocycles. The molecule has 0 unspecified atom stereocenters. The van der Waals surface area contributed by atoms with Crippen LogP contribution in [0.1, 0.15) is 51.2 Å². The molecule has 1 saturated heterocycles. The topological polar surface area (TPSA) is 78.5 Å². The molecule has 3 rings (SSSR count). The van der Waals surface area contributed by atoms with Crippen molar-refractivity contribution in [1.29, 1.82) is 0 Å². The summed E-state index contributed by atoms with van der Waals surface area (Å²) >= 11 is 0. The highest BCUT2D eigenvalue weighted by Crippen LogP contribution is 2.41.